The number of hydrogen-bond acceptors (Lipinski definition) is 4. The molecule has 1 amide bonds. The normalized spacial score (nSPS) is 10.5. The fourth-order valence-corrected chi connectivity index (χ4v) is 3.12. The molecule has 5 nitrogen and oxygen atoms in total. The SMILES string of the molecule is CCN(Cc1ccccc1)C(=O)c1cnc(N(CC)c2cccc(C)c2)nc1. The summed E-state index contributed by atoms with van der Waals surface area (Å²) in [5.74, 6) is 0.535. The minimum atomic E-state index is -0.0588. The van der Waals surface area contributed by atoms with Crippen LogP contribution in [0.1, 0.15) is 35.3 Å². The molecule has 0 N–H and O–H groups in total. The summed E-state index contributed by atoms with van der Waals surface area (Å²) in [5.41, 5.74) is 3.83. The lowest BCUT2D eigenvalue weighted by atomic mass is 10.2. The second kappa shape index (κ2) is 9.13. The highest BCUT2D eigenvalue weighted by Gasteiger charge is 2.17. The van der Waals surface area contributed by atoms with Gasteiger partial charge in [-0.2, -0.15) is 0 Å². The highest BCUT2D eigenvalue weighted by Crippen LogP contribution is 2.22. The van der Waals surface area contributed by atoms with Crippen molar-refractivity contribution in [1.29, 1.82) is 0 Å². The van der Waals surface area contributed by atoms with E-state index >= 15 is 0 Å². The Morgan fingerprint density at radius 2 is 1.64 bits per heavy atom. The molecule has 0 atom stereocenters. The van der Waals surface area contributed by atoms with E-state index in [2.05, 4.69) is 35.9 Å². The van der Waals surface area contributed by atoms with E-state index in [0.717, 1.165) is 17.8 Å². The largest absolute Gasteiger partial charge is 0.335 e. The van der Waals surface area contributed by atoms with Gasteiger partial charge in [0.05, 0.1) is 5.56 Å². The number of rotatable bonds is 7. The summed E-state index contributed by atoms with van der Waals surface area (Å²) in [7, 11) is 0. The van der Waals surface area contributed by atoms with Gasteiger partial charge in [0.15, 0.2) is 0 Å². The number of nitrogens with zero attached hydrogens (tertiary/aromatic N) is 4. The first kappa shape index (κ1) is 19.5. The fraction of sp³-hybridized carbons (Fsp3) is 0.261. The zero-order valence-electron chi connectivity index (χ0n) is 16.7. The summed E-state index contributed by atoms with van der Waals surface area (Å²) in [4.78, 5) is 25.6. The molecule has 0 spiro atoms. The van der Waals surface area contributed by atoms with Gasteiger partial charge < -0.3 is 9.80 Å². The topological polar surface area (TPSA) is 49.3 Å². The van der Waals surface area contributed by atoms with Crippen LogP contribution in [0.3, 0.4) is 0 Å². The minimum Gasteiger partial charge on any atom is -0.335 e. The highest BCUT2D eigenvalue weighted by molar-refractivity contribution is 5.93. The molecular formula is C23H26N4O. The van der Waals surface area contributed by atoms with E-state index in [0.29, 0.717) is 24.6 Å². The third-order valence-electron chi connectivity index (χ3n) is 4.64. The second-order valence-electron chi connectivity index (χ2n) is 6.66. The molecule has 1 aromatic heterocycles. The number of aromatic nitrogens is 2. The number of anilines is 2. The van der Waals surface area contributed by atoms with Crippen molar-refractivity contribution in [2.24, 2.45) is 0 Å². The molecule has 5 heteroatoms. The monoisotopic (exact) mass is 374 g/mol. The molecule has 3 aromatic rings. The molecule has 0 fully saturated rings. The number of carbonyl (C=O) groups is 1. The summed E-state index contributed by atoms with van der Waals surface area (Å²) in [5, 5.41) is 0. The predicted molar refractivity (Wildman–Crippen MR) is 113 cm³/mol. The van der Waals surface area contributed by atoms with Crippen LogP contribution in [0, 0.1) is 6.92 Å². The van der Waals surface area contributed by atoms with Crippen molar-refractivity contribution < 1.29 is 4.79 Å². The number of aryl methyl sites for hydroxylation is 1. The molecular weight excluding hydrogens is 348 g/mol. The maximum absolute atomic E-state index is 12.9. The van der Waals surface area contributed by atoms with Gasteiger partial charge in [0, 0.05) is 37.7 Å². The van der Waals surface area contributed by atoms with Gasteiger partial charge in [-0.1, -0.05) is 42.5 Å². The molecule has 0 saturated carbocycles. The van der Waals surface area contributed by atoms with E-state index in [-0.39, 0.29) is 5.91 Å². The standard InChI is InChI=1S/C23H26N4O/c1-4-26(17-19-11-7-6-8-12-19)22(28)20-15-24-23(25-16-20)27(5-2)21-13-9-10-18(3)14-21/h6-16H,4-5,17H2,1-3H3. The molecule has 0 bridgehead atoms. The molecule has 0 saturated heterocycles. The summed E-state index contributed by atoms with van der Waals surface area (Å²) < 4.78 is 0. The van der Waals surface area contributed by atoms with Gasteiger partial charge in [-0.3, -0.25) is 4.79 Å². The molecule has 0 aliphatic heterocycles. The van der Waals surface area contributed by atoms with Crippen molar-refractivity contribution in [2.75, 3.05) is 18.0 Å². The van der Waals surface area contributed by atoms with E-state index in [1.165, 1.54) is 5.56 Å². The van der Waals surface area contributed by atoms with Crippen LogP contribution < -0.4 is 4.90 Å². The average molecular weight is 374 g/mol. The Morgan fingerprint density at radius 3 is 2.25 bits per heavy atom. The van der Waals surface area contributed by atoms with E-state index in [1.54, 1.807) is 17.3 Å². The summed E-state index contributed by atoms with van der Waals surface area (Å²) in [6, 6.07) is 18.2. The summed E-state index contributed by atoms with van der Waals surface area (Å²) in [6.45, 7) is 8.04. The van der Waals surface area contributed by atoms with Crippen LogP contribution >= 0.6 is 0 Å². The first-order valence-corrected chi connectivity index (χ1v) is 9.61. The summed E-state index contributed by atoms with van der Waals surface area (Å²) >= 11 is 0. The van der Waals surface area contributed by atoms with Crippen molar-refractivity contribution in [3.05, 3.63) is 83.7 Å². The summed E-state index contributed by atoms with van der Waals surface area (Å²) in [6.07, 6.45) is 3.24. The van der Waals surface area contributed by atoms with E-state index < -0.39 is 0 Å². The molecule has 28 heavy (non-hydrogen) atoms. The van der Waals surface area contributed by atoms with E-state index in [9.17, 15) is 4.79 Å². The first-order valence-electron chi connectivity index (χ1n) is 9.61. The van der Waals surface area contributed by atoms with Crippen molar-refractivity contribution in [3.63, 3.8) is 0 Å². The third-order valence-corrected chi connectivity index (χ3v) is 4.64. The van der Waals surface area contributed by atoms with Crippen LogP contribution in [-0.4, -0.2) is 33.9 Å². The van der Waals surface area contributed by atoms with Gasteiger partial charge in [-0.05, 0) is 44.0 Å². The molecule has 0 radical (unpaired) electrons. The fourth-order valence-electron chi connectivity index (χ4n) is 3.12. The van der Waals surface area contributed by atoms with Gasteiger partial charge in [-0.15, -0.1) is 0 Å². The molecule has 0 unspecified atom stereocenters. The van der Waals surface area contributed by atoms with Crippen LogP contribution in [0.5, 0.6) is 0 Å². The lowest BCUT2D eigenvalue weighted by Crippen LogP contribution is -2.30. The molecule has 144 valence electrons. The van der Waals surface area contributed by atoms with Crippen molar-refractivity contribution in [1.82, 2.24) is 14.9 Å². The van der Waals surface area contributed by atoms with Crippen molar-refractivity contribution in [3.8, 4) is 0 Å². The minimum absolute atomic E-state index is 0.0588. The Morgan fingerprint density at radius 1 is 0.929 bits per heavy atom. The molecule has 0 aliphatic carbocycles. The van der Waals surface area contributed by atoms with Crippen LogP contribution in [0.15, 0.2) is 67.0 Å². The molecule has 3 rings (SSSR count). The lowest BCUT2D eigenvalue weighted by molar-refractivity contribution is 0.0751. The van der Waals surface area contributed by atoms with E-state index in [4.69, 9.17) is 0 Å². The van der Waals surface area contributed by atoms with Gasteiger partial charge >= 0.3 is 0 Å². The highest BCUT2D eigenvalue weighted by atomic mass is 16.2. The Kier molecular flexibility index (Phi) is 6.37. The van der Waals surface area contributed by atoms with Crippen LogP contribution in [-0.2, 0) is 6.54 Å². The van der Waals surface area contributed by atoms with Crippen molar-refractivity contribution >= 4 is 17.5 Å². The Bertz CT molecular complexity index is 909. The first-order chi connectivity index (χ1) is 13.6. The van der Waals surface area contributed by atoms with Crippen LogP contribution in [0.4, 0.5) is 11.6 Å². The van der Waals surface area contributed by atoms with Gasteiger partial charge in [0.2, 0.25) is 5.95 Å². The van der Waals surface area contributed by atoms with E-state index in [1.807, 2.05) is 54.3 Å². The Labute approximate surface area is 166 Å². The van der Waals surface area contributed by atoms with Crippen LogP contribution in [0.2, 0.25) is 0 Å². The zero-order valence-corrected chi connectivity index (χ0v) is 16.7. The smallest absolute Gasteiger partial charge is 0.257 e. The number of hydrogen-bond donors (Lipinski definition) is 0. The average Bonchev–Trinajstić information content (AvgIpc) is 2.73. The lowest BCUT2D eigenvalue weighted by Gasteiger charge is -2.23. The number of benzene rings is 2. The zero-order chi connectivity index (χ0) is 19.9. The van der Waals surface area contributed by atoms with Gasteiger partial charge in [0.1, 0.15) is 0 Å². The van der Waals surface area contributed by atoms with Crippen LogP contribution in [0.25, 0.3) is 0 Å². The van der Waals surface area contributed by atoms with Crippen molar-refractivity contribution in [2.45, 2.75) is 27.3 Å². The van der Waals surface area contributed by atoms with Gasteiger partial charge in [-0.25, -0.2) is 9.97 Å². The van der Waals surface area contributed by atoms with Gasteiger partial charge in [0.25, 0.3) is 5.91 Å². The predicted octanol–water partition coefficient (Wildman–Crippen LogP) is 4.61. The quantitative estimate of drug-likeness (QED) is 0.606. The maximum atomic E-state index is 12.9. The Hall–Kier alpha value is -3.21. The number of amides is 1. The number of carbonyl (C=O) groups excluding carboxylic acids is 1. The molecule has 1 heterocycles. The maximum Gasteiger partial charge on any atom is 0.257 e. The molecule has 2 aromatic carbocycles. The molecule has 0 aliphatic rings. The third kappa shape index (κ3) is 4.55. The second-order valence-corrected chi connectivity index (χ2v) is 6.66. The Balaban J connectivity index is 1.77.